The monoisotopic (exact) mass is 238 g/mol. The summed E-state index contributed by atoms with van der Waals surface area (Å²) in [4.78, 5) is 10.5. The van der Waals surface area contributed by atoms with Gasteiger partial charge in [0.1, 0.15) is 18.0 Å². The molecule has 1 heterocycles. The molecule has 0 aliphatic rings. The van der Waals surface area contributed by atoms with Gasteiger partial charge in [-0.3, -0.25) is 0 Å². The Hall–Kier alpha value is -1.36. The van der Waals surface area contributed by atoms with Gasteiger partial charge in [0.2, 0.25) is 0 Å². The first-order valence-electron chi connectivity index (χ1n) is 6.14. The molecule has 0 saturated carbocycles. The zero-order valence-electron chi connectivity index (χ0n) is 10.9. The predicted molar refractivity (Wildman–Crippen MR) is 70.5 cm³/mol. The third-order valence-electron chi connectivity index (χ3n) is 2.62. The number of hydrogen-bond donors (Lipinski definition) is 2. The van der Waals surface area contributed by atoms with E-state index in [1.165, 1.54) is 0 Å². The number of hydrogen-bond acceptors (Lipinski definition) is 5. The lowest BCUT2D eigenvalue weighted by molar-refractivity contribution is 0.303. The van der Waals surface area contributed by atoms with Crippen molar-refractivity contribution in [2.24, 2.45) is 0 Å². The highest BCUT2D eigenvalue weighted by Gasteiger charge is 2.12. The van der Waals surface area contributed by atoms with Crippen molar-refractivity contribution in [3.8, 4) is 0 Å². The first-order valence-corrected chi connectivity index (χ1v) is 6.14. The lowest BCUT2D eigenvalue weighted by atomic mass is 10.2. The average molecular weight is 238 g/mol. The van der Waals surface area contributed by atoms with E-state index in [9.17, 15) is 0 Å². The van der Waals surface area contributed by atoms with Crippen LogP contribution < -0.4 is 10.2 Å². The lowest BCUT2D eigenvalue weighted by Gasteiger charge is -2.21. The second kappa shape index (κ2) is 7.06. The van der Waals surface area contributed by atoms with Crippen LogP contribution in [-0.4, -0.2) is 41.8 Å². The maximum Gasteiger partial charge on any atom is 0.137 e. The standard InChI is InChI=1S/C12H22N4O/c1-4-6-13-11-10(5-2)12(15-9-14-11)16(3)7-8-17/h9,17H,4-8H2,1-3H3,(H,13,14,15). The highest BCUT2D eigenvalue weighted by Crippen LogP contribution is 2.22. The third-order valence-corrected chi connectivity index (χ3v) is 2.62. The van der Waals surface area contributed by atoms with E-state index in [0.717, 1.165) is 36.6 Å². The topological polar surface area (TPSA) is 61.3 Å². The van der Waals surface area contributed by atoms with Crippen molar-refractivity contribution in [3.05, 3.63) is 11.9 Å². The number of nitrogens with one attached hydrogen (secondary N) is 1. The Morgan fingerprint density at radius 3 is 2.71 bits per heavy atom. The first-order chi connectivity index (χ1) is 8.24. The Labute approximate surface area is 103 Å². The summed E-state index contributed by atoms with van der Waals surface area (Å²) >= 11 is 0. The van der Waals surface area contributed by atoms with Gasteiger partial charge in [-0.15, -0.1) is 0 Å². The van der Waals surface area contributed by atoms with Gasteiger partial charge < -0.3 is 15.3 Å². The molecule has 0 aromatic carbocycles. The molecule has 1 aromatic rings. The molecule has 0 radical (unpaired) electrons. The molecular formula is C12H22N4O. The number of aromatic nitrogens is 2. The maximum absolute atomic E-state index is 8.97. The van der Waals surface area contributed by atoms with Crippen LogP contribution >= 0.6 is 0 Å². The van der Waals surface area contributed by atoms with Gasteiger partial charge >= 0.3 is 0 Å². The molecule has 0 aliphatic heterocycles. The molecule has 5 nitrogen and oxygen atoms in total. The highest BCUT2D eigenvalue weighted by molar-refractivity contribution is 5.58. The summed E-state index contributed by atoms with van der Waals surface area (Å²) in [5, 5.41) is 12.3. The largest absolute Gasteiger partial charge is 0.395 e. The molecule has 1 aromatic heterocycles. The fourth-order valence-corrected chi connectivity index (χ4v) is 1.71. The fourth-order valence-electron chi connectivity index (χ4n) is 1.71. The zero-order chi connectivity index (χ0) is 12.7. The Kier molecular flexibility index (Phi) is 5.69. The number of aliphatic hydroxyl groups excluding tert-OH is 1. The molecule has 2 N–H and O–H groups in total. The molecule has 0 bridgehead atoms. The van der Waals surface area contributed by atoms with Crippen LogP contribution in [0, 0.1) is 0 Å². The van der Waals surface area contributed by atoms with Crippen molar-refractivity contribution in [1.29, 1.82) is 0 Å². The Morgan fingerprint density at radius 2 is 2.12 bits per heavy atom. The summed E-state index contributed by atoms with van der Waals surface area (Å²) in [6, 6.07) is 0. The maximum atomic E-state index is 8.97. The molecule has 0 atom stereocenters. The van der Waals surface area contributed by atoms with E-state index in [0.29, 0.717) is 6.54 Å². The lowest BCUT2D eigenvalue weighted by Crippen LogP contribution is -2.24. The minimum atomic E-state index is 0.126. The van der Waals surface area contributed by atoms with Gasteiger partial charge in [-0.1, -0.05) is 13.8 Å². The summed E-state index contributed by atoms with van der Waals surface area (Å²) in [5.41, 5.74) is 1.11. The third kappa shape index (κ3) is 3.56. The van der Waals surface area contributed by atoms with Crippen LogP contribution in [0.15, 0.2) is 6.33 Å². The SMILES string of the molecule is CCCNc1ncnc(N(C)CCO)c1CC. The Bertz CT molecular complexity index is 343. The van der Waals surface area contributed by atoms with E-state index >= 15 is 0 Å². The first kappa shape index (κ1) is 13.7. The summed E-state index contributed by atoms with van der Waals surface area (Å²) in [7, 11) is 1.93. The van der Waals surface area contributed by atoms with Crippen molar-refractivity contribution in [3.63, 3.8) is 0 Å². The molecule has 0 saturated heterocycles. The molecule has 0 amide bonds. The van der Waals surface area contributed by atoms with Gasteiger partial charge in [-0.2, -0.15) is 0 Å². The smallest absolute Gasteiger partial charge is 0.137 e. The predicted octanol–water partition coefficient (Wildman–Crippen LogP) is 1.29. The fraction of sp³-hybridized carbons (Fsp3) is 0.667. The van der Waals surface area contributed by atoms with E-state index in [4.69, 9.17) is 5.11 Å². The molecule has 5 heteroatoms. The quantitative estimate of drug-likeness (QED) is 0.749. The van der Waals surface area contributed by atoms with Crippen molar-refractivity contribution >= 4 is 11.6 Å². The molecule has 17 heavy (non-hydrogen) atoms. The summed E-state index contributed by atoms with van der Waals surface area (Å²) in [6.07, 6.45) is 3.51. The van der Waals surface area contributed by atoms with Crippen LogP contribution in [0.5, 0.6) is 0 Å². The summed E-state index contributed by atoms with van der Waals surface area (Å²) in [5.74, 6) is 1.80. The number of anilines is 2. The molecule has 0 spiro atoms. The van der Waals surface area contributed by atoms with Gasteiger partial charge in [-0.25, -0.2) is 9.97 Å². The van der Waals surface area contributed by atoms with Crippen molar-refractivity contribution < 1.29 is 5.11 Å². The average Bonchev–Trinajstić information content (AvgIpc) is 2.36. The van der Waals surface area contributed by atoms with E-state index in [2.05, 4.69) is 29.1 Å². The number of likely N-dealkylation sites (N-methyl/N-ethyl adjacent to an activating group) is 1. The second-order valence-electron chi connectivity index (χ2n) is 3.95. The number of rotatable bonds is 7. The van der Waals surface area contributed by atoms with E-state index < -0.39 is 0 Å². The van der Waals surface area contributed by atoms with Gasteiger partial charge in [0.25, 0.3) is 0 Å². The van der Waals surface area contributed by atoms with Gasteiger partial charge in [0, 0.05) is 25.7 Å². The van der Waals surface area contributed by atoms with Gasteiger partial charge in [0.05, 0.1) is 6.61 Å². The normalized spacial score (nSPS) is 10.4. The second-order valence-corrected chi connectivity index (χ2v) is 3.95. The van der Waals surface area contributed by atoms with Crippen LogP contribution in [-0.2, 0) is 6.42 Å². The van der Waals surface area contributed by atoms with Crippen LogP contribution in [0.1, 0.15) is 25.8 Å². The van der Waals surface area contributed by atoms with Gasteiger partial charge in [-0.05, 0) is 12.8 Å². The van der Waals surface area contributed by atoms with Crippen LogP contribution in [0.25, 0.3) is 0 Å². The Morgan fingerprint density at radius 1 is 1.35 bits per heavy atom. The van der Waals surface area contributed by atoms with Gasteiger partial charge in [0.15, 0.2) is 0 Å². The van der Waals surface area contributed by atoms with Crippen molar-refractivity contribution in [2.45, 2.75) is 26.7 Å². The number of aliphatic hydroxyl groups is 1. The zero-order valence-corrected chi connectivity index (χ0v) is 10.9. The van der Waals surface area contributed by atoms with Crippen LogP contribution in [0.3, 0.4) is 0 Å². The number of nitrogens with zero attached hydrogens (tertiary/aromatic N) is 3. The minimum Gasteiger partial charge on any atom is -0.395 e. The summed E-state index contributed by atoms with van der Waals surface area (Å²) < 4.78 is 0. The summed E-state index contributed by atoms with van der Waals surface area (Å²) in [6.45, 7) is 5.83. The van der Waals surface area contributed by atoms with Crippen molar-refractivity contribution in [1.82, 2.24) is 9.97 Å². The molecule has 0 fully saturated rings. The molecule has 96 valence electrons. The van der Waals surface area contributed by atoms with E-state index in [1.54, 1.807) is 6.33 Å². The van der Waals surface area contributed by atoms with E-state index in [-0.39, 0.29) is 6.61 Å². The molecule has 0 unspecified atom stereocenters. The minimum absolute atomic E-state index is 0.126. The Balaban J connectivity index is 2.96. The van der Waals surface area contributed by atoms with Crippen LogP contribution in [0.4, 0.5) is 11.6 Å². The highest BCUT2D eigenvalue weighted by atomic mass is 16.3. The van der Waals surface area contributed by atoms with Crippen LogP contribution in [0.2, 0.25) is 0 Å². The van der Waals surface area contributed by atoms with Crippen molar-refractivity contribution in [2.75, 3.05) is 37.0 Å². The molecular weight excluding hydrogens is 216 g/mol. The molecule has 0 aliphatic carbocycles. The molecule has 1 rings (SSSR count). The van der Waals surface area contributed by atoms with E-state index in [1.807, 2.05) is 11.9 Å².